The first-order valence-electron chi connectivity index (χ1n) is 10.3. The Morgan fingerprint density at radius 2 is 0.906 bits per heavy atom. The predicted octanol–water partition coefficient (Wildman–Crippen LogP) is 5.18. The van der Waals surface area contributed by atoms with Gasteiger partial charge in [0.1, 0.15) is 0 Å². The van der Waals surface area contributed by atoms with Crippen molar-refractivity contribution in [2.75, 3.05) is 21.3 Å². The van der Waals surface area contributed by atoms with Gasteiger partial charge in [-0.1, -0.05) is 0 Å². The molecule has 5 heteroatoms. The zero-order valence-electron chi connectivity index (χ0n) is 18.4. The summed E-state index contributed by atoms with van der Waals surface area (Å²) >= 11 is 4.48. The van der Waals surface area contributed by atoms with E-state index < -0.39 is 5.31 Å². The van der Waals surface area contributed by atoms with Crippen LogP contribution in [-0.2, 0) is 0 Å². The molecule has 0 saturated heterocycles. The van der Waals surface area contributed by atoms with Crippen molar-refractivity contribution in [2.24, 2.45) is 0 Å². The van der Waals surface area contributed by atoms with E-state index in [1.54, 1.807) is 21.3 Å². The molecule has 0 atom stereocenters. The molecular formula is C27H26BrO3P. The van der Waals surface area contributed by atoms with Crippen LogP contribution in [-0.4, -0.2) is 21.3 Å². The molecule has 0 saturated carbocycles. The van der Waals surface area contributed by atoms with Gasteiger partial charge in [0, 0.05) is 0 Å². The summed E-state index contributed by atoms with van der Waals surface area (Å²) in [5.74, 6) is 1.85. The van der Waals surface area contributed by atoms with Gasteiger partial charge in [-0.2, -0.15) is 0 Å². The van der Waals surface area contributed by atoms with Gasteiger partial charge in [-0.3, -0.25) is 0 Å². The molecule has 164 valence electrons. The first-order chi connectivity index (χ1) is 15.6. The van der Waals surface area contributed by atoms with Crippen molar-refractivity contribution < 1.29 is 14.2 Å². The van der Waals surface area contributed by atoms with E-state index in [1.165, 1.54) is 15.9 Å². The Hall–Kier alpha value is -2.81. The van der Waals surface area contributed by atoms with Crippen molar-refractivity contribution in [2.45, 2.75) is 0 Å². The molecule has 0 fully saturated rings. The minimum atomic E-state index is -3.42. The molecule has 0 heterocycles. The Bertz CT molecular complexity index is 1100. The minimum absolute atomic E-state index is 0.573. The van der Waals surface area contributed by atoms with E-state index in [9.17, 15) is 0 Å². The Morgan fingerprint density at radius 1 is 0.500 bits per heavy atom. The van der Waals surface area contributed by atoms with Gasteiger partial charge in [0.2, 0.25) is 0 Å². The topological polar surface area (TPSA) is 27.7 Å². The normalized spacial score (nSPS) is 12.4. The summed E-state index contributed by atoms with van der Waals surface area (Å²) in [6, 6.07) is 35.8. The zero-order chi connectivity index (χ0) is 22.6. The average molecular weight is 509 g/mol. The van der Waals surface area contributed by atoms with Crippen LogP contribution in [0, 0.1) is 0 Å². The summed E-state index contributed by atoms with van der Waals surface area (Å²) in [5.41, 5.74) is 0. The molecule has 0 radical (unpaired) electrons. The van der Waals surface area contributed by atoms with E-state index in [-0.39, 0.29) is 0 Å². The number of methoxy groups -OCH3 is 3. The van der Waals surface area contributed by atoms with Crippen LogP contribution in [0.1, 0.15) is 0 Å². The Balaban J connectivity index is 2.28. The van der Waals surface area contributed by atoms with Gasteiger partial charge >= 0.3 is 198 Å². The third-order valence-corrected chi connectivity index (χ3v) is 15.8. The molecular weight excluding hydrogens is 483 g/mol. The van der Waals surface area contributed by atoms with Gasteiger partial charge in [-0.25, -0.2) is 0 Å². The molecule has 3 nitrogen and oxygen atoms in total. The van der Waals surface area contributed by atoms with Crippen molar-refractivity contribution in [3.05, 3.63) is 103 Å². The second kappa shape index (κ2) is 8.97. The van der Waals surface area contributed by atoms with Crippen LogP contribution < -0.4 is 35.4 Å². The van der Waals surface area contributed by atoms with Crippen molar-refractivity contribution in [1.82, 2.24) is 0 Å². The molecule has 0 aromatic heterocycles. The Kier molecular flexibility index (Phi) is 6.28. The molecule has 0 N–H and O–H groups in total. The SMILES string of the molecule is COc1ccc(P(Br)(c2ccccc2)(c2ccccc2)c2ccccc2)c(OC)c1OC. The van der Waals surface area contributed by atoms with E-state index in [4.69, 9.17) is 14.2 Å². The quantitative estimate of drug-likeness (QED) is 0.322. The van der Waals surface area contributed by atoms with Crippen LogP contribution in [0.15, 0.2) is 103 Å². The third-order valence-electron chi connectivity index (χ3n) is 5.86. The third kappa shape index (κ3) is 3.21. The van der Waals surface area contributed by atoms with Gasteiger partial charge in [0.15, 0.2) is 0 Å². The molecule has 4 aromatic rings. The number of benzene rings is 4. The van der Waals surface area contributed by atoms with E-state index >= 15 is 0 Å². The molecule has 0 aliphatic rings. The van der Waals surface area contributed by atoms with Gasteiger partial charge in [0.05, 0.1) is 0 Å². The Labute approximate surface area is 197 Å². The molecule has 0 unspecified atom stereocenters. The summed E-state index contributed by atoms with van der Waals surface area (Å²) in [6.45, 7) is 0. The fourth-order valence-corrected chi connectivity index (χ4v) is 12.2. The second-order valence-electron chi connectivity index (χ2n) is 7.37. The molecule has 0 amide bonds. The maximum absolute atomic E-state index is 6.04. The van der Waals surface area contributed by atoms with Gasteiger partial charge in [0.25, 0.3) is 0 Å². The van der Waals surface area contributed by atoms with Gasteiger partial charge in [-0.05, 0) is 0 Å². The molecule has 0 aliphatic heterocycles. The first kappa shape index (κ1) is 22.4. The predicted molar refractivity (Wildman–Crippen MR) is 140 cm³/mol. The van der Waals surface area contributed by atoms with Crippen molar-refractivity contribution in [3.8, 4) is 17.2 Å². The number of hydrogen-bond donors (Lipinski definition) is 0. The molecule has 32 heavy (non-hydrogen) atoms. The van der Waals surface area contributed by atoms with Crippen molar-refractivity contribution in [1.29, 1.82) is 0 Å². The van der Waals surface area contributed by atoms with E-state index in [1.807, 2.05) is 24.3 Å². The number of halogens is 1. The fourth-order valence-electron chi connectivity index (χ4n) is 4.40. The van der Waals surface area contributed by atoms with Crippen LogP contribution in [0.25, 0.3) is 0 Å². The van der Waals surface area contributed by atoms with Gasteiger partial charge in [-0.15, -0.1) is 0 Å². The maximum atomic E-state index is 6.04. The Morgan fingerprint density at radius 3 is 1.25 bits per heavy atom. The standard InChI is InChI=1S/C27H26BrO3P/c1-29-24-19-20-25(27(31-3)26(24)30-2)32(28,21-13-7-4-8-14-21,22-15-9-5-10-16-22)23-17-11-6-12-18-23/h4-20H,1-3H3. The summed E-state index contributed by atoms with van der Waals surface area (Å²) in [6.07, 6.45) is 0. The molecule has 4 aromatic carbocycles. The van der Waals surface area contributed by atoms with E-state index in [0.717, 1.165) is 5.30 Å². The van der Waals surface area contributed by atoms with Crippen LogP contribution in [0.2, 0.25) is 0 Å². The molecule has 0 bridgehead atoms. The second-order valence-corrected chi connectivity index (χ2v) is 15.7. The number of ether oxygens (including phenoxy) is 3. The van der Waals surface area contributed by atoms with Crippen LogP contribution in [0.3, 0.4) is 0 Å². The van der Waals surface area contributed by atoms with Crippen molar-refractivity contribution >= 4 is 42.0 Å². The zero-order valence-corrected chi connectivity index (χ0v) is 20.8. The van der Waals surface area contributed by atoms with Gasteiger partial charge < -0.3 is 0 Å². The van der Waals surface area contributed by atoms with E-state index in [2.05, 4.69) is 94.4 Å². The monoisotopic (exact) mass is 508 g/mol. The van der Waals surface area contributed by atoms with Crippen LogP contribution in [0.5, 0.6) is 17.2 Å². The van der Waals surface area contributed by atoms with Crippen LogP contribution >= 0.6 is 20.8 Å². The average Bonchev–Trinajstić information content (AvgIpc) is 2.88. The van der Waals surface area contributed by atoms with Crippen LogP contribution in [0.4, 0.5) is 0 Å². The van der Waals surface area contributed by atoms with E-state index in [0.29, 0.717) is 17.2 Å². The molecule has 4 rings (SSSR count). The summed E-state index contributed by atoms with van der Waals surface area (Å²) in [7, 11) is 4.95. The summed E-state index contributed by atoms with van der Waals surface area (Å²) in [4.78, 5) is 0. The molecule has 0 spiro atoms. The fraction of sp³-hybridized carbons (Fsp3) is 0.111. The first-order valence-corrected chi connectivity index (χ1v) is 14.5. The summed E-state index contributed by atoms with van der Waals surface area (Å²) < 4.78 is 17.4. The van der Waals surface area contributed by atoms with Crippen molar-refractivity contribution in [3.63, 3.8) is 0 Å². The number of rotatable bonds is 7. The molecule has 0 aliphatic carbocycles. The summed E-state index contributed by atoms with van der Waals surface area (Å²) in [5, 5.41) is 1.09. The number of hydrogen-bond acceptors (Lipinski definition) is 3.